The molecule has 2 aromatic heterocycles. The Morgan fingerprint density at radius 3 is 2.57 bits per heavy atom. The summed E-state index contributed by atoms with van der Waals surface area (Å²) >= 11 is 0. The number of non-ortho nitro benzene ring substituents is 1. The summed E-state index contributed by atoms with van der Waals surface area (Å²) in [6, 6.07) is 15.6. The molecule has 148 valence electrons. The minimum atomic E-state index is -0.548. The van der Waals surface area contributed by atoms with E-state index in [-0.39, 0.29) is 11.3 Å². The van der Waals surface area contributed by atoms with E-state index in [1.165, 1.54) is 24.3 Å². The highest BCUT2D eigenvalue weighted by molar-refractivity contribution is 6.04. The second kappa shape index (κ2) is 8.19. The van der Waals surface area contributed by atoms with Crippen molar-refractivity contribution in [1.82, 2.24) is 19.7 Å². The number of hydrogen-bond acceptors (Lipinski definition) is 7. The minimum absolute atomic E-state index is 0.147. The predicted molar refractivity (Wildman–Crippen MR) is 107 cm³/mol. The summed E-state index contributed by atoms with van der Waals surface area (Å²) in [6.07, 6.45) is 5.02. The van der Waals surface area contributed by atoms with Crippen LogP contribution in [0.1, 0.15) is 10.4 Å². The second-order valence-electron chi connectivity index (χ2n) is 6.09. The molecule has 30 heavy (non-hydrogen) atoms. The minimum Gasteiger partial charge on any atom is -0.438 e. The summed E-state index contributed by atoms with van der Waals surface area (Å²) in [5, 5.41) is 21.6. The van der Waals surface area contributed by atoms with Gasteiger partial charge >= 0.3 is 0 Å². The number of ether oxygens (including phenoxy) is 1. The first-order valence-electron chi connectivity index (χ1n) is 8.74. The Kier molecular flexibility index (Phi) is 5.12. The van der Waals surface area contributed by atoms with Crippen LogP contribution in [0.4, 0.5) is 11.4 Å². The maximum atomic E-state index is 12.3. The first-order chi connectivity index (χ1) is 14.6. The Bertz CT molecular complexity index is 1170. The maximum Gasteiger partial charge on any atom is 0.270 e. The smallest absolute Gasteiger partial charge is 0.270 e. The van der Waals surface area contributed by atoms with Gasteiger partial charge in [0.25, 0.3) is 11.6 Å². The van der Waals surface area contributed by atoms with Crippen LogP contribution in [0.3, 0.4) is 0 Å². The largest absolute Gasteiger partial charge is 0.438 e. The number of nitro groups is 1. The fraction of sp³-hybridized carbons (Fsp3) is 0. The van der Waals surface area contributed by atoms with Gasteiger partial charge in [0.2, 0.25) is 5.88 Å². The van der Waals surface area contributed by atoms with Crippen LogP contribution in [0.5, 0.6) is 11.6 Å². The van der Waals surface area contributed by atoms with Gasteiger partial charge in [-0.3, -0.25) is 19.5 Å². The third-order valence-electron chi connectivity index (χ3n) is 4.05. The Balaban J connectivity index is 1.40. The molecule has 0 aliphatic rings. The number of nitrogens with one attached hydrogen (secondary N) is 1. The van der Waals surface area contributed by atoms with Crippen molar-refractivity contribution in [2.75, 3.05) is 5.32 Å². The fourth-order valence-corrected chi connectivity index (χ4v) is 2.59. The Morgan fingerprint density at radius 1 is 1.07 bits per heavy atom. The SMILES string of the molecule is O=C(Nc1ccc(Oc2ccc(-n3ccnc3)nn2)cc1)c1cccc([N+](=O)[O-])c1. The molecular weight excluding hydrogens is 388 g/mol. The van der Waals surface area contributed by atoms with E-state index in [1.54, 1.807) is 59.7 Å². The number of imidazole rings is 1. The number of carbonyl (C=O) groups is 1. The summed E-state index contributed by atoms with van der Waals surface area (Å²) in [4.78, 5) is 26.6. The molecule has 0 spiro atoms. The van der Waals surface area contributed by atoms with Crippen LogP contribution in [0, 0.1) is 10.1 Å². The van der Waals surface area contributed by atoms with Crippen molar-refractivity contribution in [1.29, 1.82) is 0 Å². The molecule has 0 aliphatic carbocycles. The fourth-order valence-electron chi connectivity index (χ4n) is 2.59. The van der Waals surface area contributed by atoms with Crippen LogP contribution >= 0.6 is 0 Å². The number of carbonyl (C=O) groups excluding carboxylic acids is 1. The number of nitro benzene ring substituents is 1. The average Bonchev–Trinajstić information content (AvgIpc) is 3.31. The van der Waals surface area contributed by atoms with Gasteiger partial charge in [0.1, 0.15) is 12.1 Å². The number of rotatable bonds is 6. The van der Waals surface area contributed by atoms with Crippen molar-refractivity contribution in [3.05, 3.63) is 95.1 Å². The molecule has 4 aromatic rings. The molecule has 0 saturated heterocycles. The quantitative estimate of drug-likeness (QED) is 0.386. The monoisotopic (exact) mass is 402 g/mol. The molecule has 1 amide bonds. The van der Waals surface area contributed by atoms with Gasteiger partial charge in [0.05, 0.1) is 4.92 Å². The van der Waals surface area contributed by atoms with Crippen molar-refractivity contribution >= 4 is 17.3 Å². The van der Waals surface area contributed by atoms with E-state index in [1.807, 2.05) is 0 Å². The van der Waals surface area contributed by atoms with E-state index in [0.717, 1.165) is 0 Å². The zero-order valence-corrected chi connectivity index (χ0v) is 15.4. The topological polar surface area (TPSA) is 125 Å². The molecule has 4 rings (SSSR count). The van der Waals surface area contributed by atoms with Crippen LogP contribution < -0.4 is 10.1 Å². The average molecular weight is 402 g/mol. The van der Waals surface area contributed by atoms with Crippen LogP contribution in [0.2, 0.25) is 0 Å². The highest BCUT2D eigenvalue weighted by atomic mass is 16.6. The van der Waals surface area contributed by atoms with Crippen LogP contribution in [0.25, 0.3) is 5.82 Å². The van der Waals surface area contributed by atoms with Crippen molar-refractivity contribution in [2.45, 2.75) is 0 Å². The molecule has 0 unspecified atom stereocenters. The lowest BCUT2D eigenvalue weighted by atomic mass is 10.2. The number of amides is 1. The predicted octanol–water partition coefficient (Wildman–Crippen LogP) is 3.62. The van der Waals surface area contributed by atoms with Gasteiger partial charge in [-0.1, -0.05) is 6.07 Å². The lowest BCUT2D eigenvalue weighted by Gasteiger charge is -2.08. The Labute approximate surface area is 169 Å². The normalized spacial score (nSPS) is 10.4. The molecule has 0 fully saturated rings. The summed E-state index contributed by atoms with van der Waals surface area (Å²) in [6.45, 7) is 0. The molecule has 0 saturated carbocycles. The lowest BCUT2D eigenvalue weighted by molar-refractivity contribution is -0.384. The number of benzene rings is 2. The number of nitrogens with zero attached hydrogens (tertiary/aromatic N) is 5. The first kappa shape index (κ1) is 18.7. The van der Waals surface area contributed by atoms with Gasteiger partial charge in [0, 0.05) is 41.8 Å². The van der Waals surface area contributed by atoms with E-state index < -0.39 is 10.8 Å². The van der Waals surface area contributed by atoms with Crippen LogP contribution in [0.15, 0.2) is 79.4 Å². The van der Waals surface area contributed by atoms with Crippen molar-refractivity contribution in [2.24, 2.45) is 0 Å². The molecule has 0 atom stereocenters. The summed E-state index contributed by atoms with van der Waals surface area (Å²) in [7, 11) is 0. The van der Waals surface area contributed by atoms with Gasteiger partial charge in [-0.05, 0) is 36.4 Å². The van der Waals surface area contributed by atoms with Gasteiger partial charge < -0.3 is 10.1 Å². The zero-order valence-electron chi connectivity index (χ0n) is 15.4. The maximum absolute atomic E-state index is 12.3. The van der Waals surface area contributed by atoms with Gasteiger partial charge in [-0.25, -0.2) is 4.98 Å². The first-order valence-corrected chi connectivity index (χ1v) is 8.74. The van der Waals surface area contributed by atoms with E-state index in [4.69, 9.17) is 4.74 Å². The van der Waals surface area contributed by atoms with E-state index in [0.29, 0.717) is 23.1 Å². The number of aromatic nitrogens is 4. The highest BCUT2D eigenvalue weighted by Gasteiger charge is 2.12. The summed E-state index contributed by atoms with van der Waals surface area (Å²) in [5.74, 6) is 0.979. The standard InChI is InChI=1S/C20H14N6O4/c27-20(14-2-1-3-16(12-14)26(28)29)22-15-4-6-17(7-5-15)30-19-9-8-18(23-24-19)25-11-10-21-13-25/h1-13H,(H,22,27). The van der Waals surface area contributed by atoms with Gasteiger partial charge in [-0.15, -0.1) is 10.2 Å². The van der Waals surface area contributed by atoms with Crippen molar-refractivity contribution < 1.29 is 14.5 Å². The third kappa shape index (κ3) is 4.28. The van der Waals surface area contributed by atoms with E-state index in [2.05, 4.69) is 20.5 Å². The molecule has 1 N–H and O–H groups in total. The highest BCUT2D eigenvalue weighted by Crippen LogP contribution is 2.22. The number of anilines is 1. The second-order valence-corrected chi connectivity index (χ2v) is 6.09. The molecule has 0 radical (unpaired) electrons. The van der Waals surface area contributed by atoms with E-state index >= 15 is 0 Å². The molecule has 10 heteroatoms. The Morgan fingerprint density at radius 2 is 1.90 bits per heavy atom. The Hall–Kier alpha value is -4.60. The molecule has 10 nitrogen and oxygen atoms in total. The summed E-state index contributed by atoms with van der Waals surface area (Å²) < 4.78 is 7.37. The zero-order chi connectivity index (χ0) is 20.9. The number of hydrogen-bond donors (Lipinski definition) is 1. The van der Waals surface area contributed by atoms with Crippen molar-refractivity contribution in [3.8, 4) is 17.4 Å². The van der Waals surface area contributed by atoms with E-state index in [9.17, 15) is 14.9 Å². The van der Waals surface area contributed by atoms with Gasteiger partial charge in [0.15, 0.2) is 5.82 Å². The van der Waals surface area contributed by atoms with Crippen LogP contribution in [-0.2, 0) is 0 Å². The molecule has 2 heterocycles. The van der Waals surface area contributed by atoms with Gasteiger partial charge in [-0.2, -0.15) is 0 Å². The van der Waals surface area contributed by atoms with Crippen LogP contribution in [-0.4, -0.2) is 30.6 Å². The molecule has 2 aromatic carbocycles. The molecular formula is C20H14N6O4. The molecule has 0 bridgehead atoms. The third-order valence-corrected chi connectivity index (χ3v) is 4.05. The summed E-state index contributed by atoms with van der Waals surface area (Å²) in [5.41, 5.74) is 0.560. The van der Waals surface area contributed by atoms with Crippen molar-refractivity contribution in [3.63, 3.8) is 0 Å². The lowest BCUT2D eigenvalue weighted by Crippen LogP contribution is -2.11. The molecule has 0 aliphatic heterocycles.